The Hall–Kier alpha value is -2.49. The third-order valence-corrected chi connectivity index (χ3v) is 7.33. The number of hydrogen-bond donors (Lipinski definition) is 2. The van der Waals surface area contributed by atoms with Crippen LogP contribution in [0.3, 0.4) is 0 Å². The van der Waals surface area contributed by atoms with Crippen LogP contribution in [0.2, 0.25) is 0 Å². The number of amides is 2. The minimum Gasteiger partial charge on any atom is -0.379 e. The molecule has 33 heavy (non-hydrogen) atoms. The molecular weight excluding hydrogens is 461 g/mol. The number of benzene rings is 2. The molecule has 176 valence electrons. The summed E-state index contributed by atoms with van der Waals surface area (Å²) in [5, 5.41) is 5.56. The highest BCUT2D eigenvalue weighted by molar-refractivity contribution is 8.01. The Morgan fingerprint density at radius 1 is 1.21 bits per heavy atom. The lowest BCUT2D eigenvalue weighted by Gasteiger charge is -2.21. The summed E-state index contributed by atoms with van der Waals surface area (Å²) in [6.07, 6.45) is 1.16. The summed E-state index contributed by atoms with van der Waals surface area (Å²) in [5.41, 5.74) is 2.08. The van der Waals surface area contributed by atoms with Crippen molar-refractivity contribution in [3.63, 3.8) is 0 Å². The molecule has 0 aliphatic carbocycles. The van der Waals surface area contributed by atoms with Crippen LogP contribution in [-0.4, -0.2) is 41.3 Å². The molecule has 6 nitrogen and oxygen atoms in total. The number of methoxy groups -OCH3 is 1. The van der Waals surface area contributed by atoms with Crippen LogP contribution in [0.25, 0.3) is 10.2 Å². The van der Waals surface area contributed by atoms with Crippen molar-refractivity contribution >= 4 is 50.8 Å². The normalized spacial score (nSPS) is 12.5. The van der Waals surface area contributed by atoms with E-state index in [4.69, 9.17) is 4.74 Å². The Morgan fingerprint density at radius 3 is 2.61 bits per heavy atom. The van der Waals surface area contributed by atoms with Crippen molar-refractivity contribution in [2.45, 2.75) is 49.6 Å². The first kappa shape index (κ1) is 25.1. The van der Waals surface area contributed by atoms with Crippen LogP contribution in [-0.2, 0) is 20.7 Å². The Balaban J connectivity index is 1.67. The molecule has 0 fully saturated rings. The van der Waals surface area contributed by atoms with Gasteiger partial charge in [-0.25, -0.2) is 9.37 Å². The van der Waals surface area contributed by atoms with Gasteiger partial charge in [0.05, 0.1) is 15.8 Å². The van der Waals surface area contributed by atoms with Gasteiger partial charge < -0.3 is 15.4 Å². The summed E-state index contributed by atoms with van der Waals surface area (Å²) < 4.78 is 20.6. The van der Waals surface area contributed by atoms with E-state index in [9.17, 15) is 14.0 Å². The third kappa shape index (κ3) is 7.52. The van der Waals surface area contributed by atoms with E-state index in [0.717, 1.165) is 32.3 Å². The second kappa shape index (κ2) is 11.1. The number of ether oxygens (including phenoxy) is 1. The van der Waals surface area contributed by atoms with E-state index in [0.29, 0.717) is 5.69 Å². The predicted molar refractivity (Wildman–Crippen MR) is 132 cm³/mol. The topological polar surface area (TPSA) is 80.3 Å². The van der Waals surface area contributed by atoms with Crippen LogP contribution in [0.4, 0.5) is 10.1 Å². The first-order chi connectivity index (χ1) is 15.6. The van der Waals surface area contributed by atoms with Gasteiger partial charge in [0.15, 0.2) is 4.34 Å². The van der Waals surface area contributed by atoms with Gasteiger partial charge in [0.1, 0.15) is 11.9 Å². The third-order valence-electron chi connectivity index (χ3n) is 5.17. The lowest BCUT2D eigenvalue weighted by Crippen LogP contribution is -2.44. The zero-order chi connectivity index (χ0) is 24.0. The van der Waals surface area contributed by atoms with Crippen LogP contribution in [0, 0.1) is 5.82 Å². The first-order valence-corrected chi connectivity index (χ1v) is 12.4. The monoisotopic (exact) mass is 489 g/mol. The number of fused-ring (bicyclic) bond motifs is 1. The molecule has 2 amide bonds. The number of carbonyl (C=O) groups is 2. The van der Waals surface area contributed by atoms with Crippen LogP contribution >= 0.6 is 23.1 Å². The van der Waals surface area contributed by atoms with Gasteiger partial charge >= 0.3 is 0 Å². The Bertz CT molecular complexity index is 1120. The van der Waals surface area contributed by atoms with Gasteiger partial charge in [0, 0.05) is 31.9 Å². The molecule has 0 bridgehead atoms. The molecule has 0 radical (unpaired) electrons. The highest BCUT2D eigenvalue weighted by Gasteiger charge is 2.21. The number of hydrogen-bond acceptors (Lipinski definition) is 6. The van der Waals surface area contributed by atoms with Crippen molar-refractivity contribution in [1.29, 1.82) is 0 Å². The number of carbonyl (C=O) groups excluding carboxylic acids is 2. The Kier molecular flexibility index (Phi) is 8.45. The molecule has 9 heteroatoms. The second-order valence-corrected chi connectivity index (χ2v) is 10.7. The summed E-state index contributed by atoms with van der Waals surface area (Å²) in [4.78, 5) is 29.2. The average Bonchev–Trinajstić information content (AvgIpc) is 3.16. The van der Waals surface area contributed by atoms with E-state index >= 15 is 0 Å². The molecule has 3 rings (SSSR count). The lowest BCUT2D eigenvalue weighted by molar-refractivity contribution is -0.125. The zero-order valence-electron chi connectivity index (χ0n) is 19.1. The molecule has 1 aromatic heterocycles. The SMILES string of the molecule is COC(C)(C)CCSc1nc2ccc(NC(=O)C(Cc3ccc(F)cc3)NC(C)=O)cc2s1. The lowest BCUT2D eigenvalue weighted by atomic mass is 10.0. The number of aromatic nitrogens is 1. The number of rotatable bonds is 10. The molecule has 0 aliphatic heterocycles. The summed E-state index contributed by atoms with van der Waals surface area (Å²) in [6, 6.07) is 10.7. The van der Waals surface area contributed by atoms with Gasteiger partial charge in [-0.15, -0.1) is 11.3 Å². The summed E-state index contributed by atoms with van der Waals surface area (Å²) in [7, 11) is 1.72. The largest absolute Gasteiger partial charge is 0.379 e. The van der Waals surface area contributed by atoms with Gasteiger partial charge in [0.2, 0.25) is 11.8 Å². The highest BCUT2D eigenvalue weighted by atomic mass is 32.2. The molecule has 0 saturated carbocycles. The maximum absolute atomic E-state index is 13.2. The zero-order valence-corrected chi connectivity index (χ0v) is 20.7. The van der Waals surface area contributed by atoms with E-state index in [1.165, 1.54) is 19.1 Å². The fourth-order valence-electron chi connectivity index (χ4n) is 3.07. The van der Waals surface area contributed by atoms with E-state index in [1.807, 2.05) is 12.1 Å². The molecule has 3 aromatic rings. The Morgan fingerprint density at radius 2 is 1.94 bits per heavy atom. The quantitative estimate of drug-likeness (QED) is 0.391. The fourth-order valence-corrected chi connectivity index (χ4v) is 5.49. The molecule has 2 N–H and O–H groups in total. The van der Waals surface area contributed by atoms with Crippen molar-refractivity contribution in [1.82, 2.24) is 10.3 Å². The molecular formula is C24H28FN3O3S2. The number of halogens is 1. The van der Waals surface area contributed by atoms with Gasteiger partial charge in [-0.05, 0) is 56.2 Å². The number of nitrogens with zero attached hydrogens (tertiary/aromatic N) is 1. The van der Waals surface area contributed by atoms with E-state index in [-0.39, 0.29) is 29.7 Å². The predicted octanol–water partition coefficient (Wildman–Crippen LogP) is 5.03. The van der Waals surface area contributed by atoms with Crippen molar-refractivity contribution in [3.05, 3.63) is 53.8 Å². The molecule has 0 spiro atoms. The van der Waals surface area contributed by atoms with Gasteiger partial charge in [-0.2, -0.15) is 0 Å². The maximum atomic E-state index is 13.2. The van der Waals surface area contributed by atoms with Gasteiger partial charge in [0.25, 0.3) is 0 Å². The highest BCUT2D eigenvalue weighted by Crippen LogP contribution is 2.32. The molecule has 2 aromatic carbocycles. The molecule has 1 atom stereocenters. The second-order valence-electron chi connectivity index (χ2n) is 8.30. The standard InChI is InChI=1S/C24H28FN3O3S2/c1-15(29)26-20(13-16-5-7-17(25)8-6-16)22(30)27-18-9-10-19-21(14-18)33-23(28-19)32-12-11-24(2,3)31-4/h5-10,14,20H,11-13H2,1-4H3,(H,26,29)(H,27,30). The molecule has 1 heterocycles. The van der Waals surface area contributed by atoms with Crippen LogP contribution in [0.5, 0.6) is 0 Å². The summed E-state index contributed by atoms with van der Waals surface area (Å²) in [6.45, 7) is 5.48. The van der Waals surface area contributed by atoms with Crippen molar-refractivity contribution in [3.8, 4) is 0 Å². The van der Waals surface area contributed by atoms with Gasteiger partial charge in [-0.3, -0.25) is 9.59 Å². The van der Waals surface area contributed by atoms with Crippen LogP contribution < -0.4 is 10.6 Å². The minimum absolute atomic E-state index is 0.167. The van der Waals surface area contributed by atoms with Crippen LogP contribution in [0.1, 0.15) is 32.8 Å². The fraction of sp³-hybridized carbons (Fsp3) is 0.375. The van der Waals surface area contributed by atoms with Crippen molar-refractivity contribution in [2.75, 3.05) is 18.2 Å². The summed E-state index contributed by atoms with van der Waals surface area (Å²) >= 11 is 3.26. The minimum atomic E-state index is -0.777. The number of thioether (sulfide) groups is 1. The smallest absolute Gasteiger partial charge is 0.247 e. The van der Waals surface area contributed by atoms with Crippen molar-refractivity contribution in [2.24, 2.45) is 0 Å². The van der Waals surface area contributed by atoms with E-state index in [2.05, 4.69) is 29.5 Å². The number of nitrogens with one attached hydrogen (secondary N) is 2. The van der Waals surface area contributed by atoms with E-state index in [1.54, 1.807) is 48.4 Å². The Labute approximate surface area is 201 Å². The average molecular weight is 490 g/mol. The molecule has 0 saturated heterocycles. The molecule has 0 aliphatic rings. The van der Waals surface area contributed by atoms with Crippen LogP contribution in [0.15, 0.2) is 46.8 Å². The number of anilines is 1. The summed E-state index contributed by atoms with van der Waals surface area (Å²) in [5.74, 6) is -0.105. The maximum Gasteiger partial charge on any atom is 0.247 e. The molecule has 1 unspecified atom stereocenters. The number of thiazole rings is 1. The van der Waals surface area contributed by atoms with E-state index < -0.39 is 6.04 Å². The van der Waals surface area contributed by atoms with Gasteiger partial charge in [-0.1, -0.05) is 23.9 Å². The van der Waals surface area contributed by atoms with Crippen molar-refractivity contribution < 1.29 is 18.7 Å². The first-order valence-electron chi connectivity index (χ1n) is 10.6.